The Bertz CT molecular complexity index is 1750. The number of benzene rings is 2. The quantitative estimate of drug-likeness (QED) is 0.242. The van der Waals surface area contributed by atoms with Gasteiger partial charge in [0.1, 0.15) is 29.5 Å². The highest BCUT2D eigenvalue weighted by atomic mass is 32.1. The average Bonchev–Trinajstić information content (AvgIpc) is 3.34. The molecule has 12 heteroatoms. The van der Waals surface area contributed by atoms with Crippen LogP contribution in [0.5, 0.6) is 11.6 Å². The van der Waals surface area contributed by atoms with E-state index in [1.54, 1.807) is 19.2 Å². The number of carbonyl (C=O) groups excluding carboxylic acids is 1. The van der Waals surface area contributed by atoms with Crippen LogP contribution in [-0.4, -0.2) is 45.3 Å². The van der Waals surface area contributed by atoms with E-state index in [1.165, 1.54) is 35.7 Å². The first kappa shape index (κ1) is 26.7. The zero-order chi connectivity index (χ0) is 28.2. The Morgan fingerprint density at radius 3 is 2.73 bits per heavy atom. The van der Waals surface area contributed by atoms with Gasteiger partial charge in [-0.1, -0.05) is 0 Å². The van der Waals surface area contributed by atoms with Gasteiger partial charge in [0.2, 0.25) is 5.88 Å². The van der Waals surface area contributed by atoms with Crippen molar-refractivity contribution in [3.8, 4) is 28.3 Å². The molecule has 3 heterocycles. The molecule has 0 aliphatic heterocycles. The molecule has 1 N–H and O–H groups in total. The first-order chi connectivity index (χ1) is 19.3. The lowest BCUT2D eigenvalue weighted by molar-refractivity contribution is 0.0844. The van der Waals surface area contributed by atoms with Gasteiger partial charge in [-0.05, 0) is 50.6 Å². The number of ether oxygens (including phenoxy) is 3. The molecule has 0 saturated heterocycles. The molecule has 1 atom stereocenters. The number of pyridine rings is 1. The number of aromatic nitrogens is 4. The average molecular weight is 559 g/mol. The highest BCUT2D eigenvalue weighted by Crippen LogP contribution is 2.37. The van der Waals surface area contributed by atoms with Crippen LogP contribution in [-0.2, 0) is 4.74 Å². The summed E-state index contributed by atoms with van der Waals surface area (Å²) in [5.74, 6) is -0.119. The first-order valence-corrected chi connectivity index (χ1v) is 13.1. The number of thiazole rings is 1. The van der Waals surface area contributed by atoms with Crippen LogP contribution in [0.4, 0.5) is 14.9 Å². The van der Waals surface area contributed by atoms with Crippen molar-refractivity contribution in [3.05, 3.63) is 65.9 Å². The molecule has 2 aromatic carbocycles. The summed E-state index contributed by atoms with van der Waals surface area (Å²) in [5.41, 5.74) is 4.21. The van der Waals surface area contributed by atoms with Gasteiger partial charge >= 0.3 is 6.09 Å². The van der Waals surface area contributed by atoms with Crippen LogP contribution in [0, 0.1) is 24.1 Å². The minimum Gasteiger partial charge on any atom is -0.487 e. The predicted molar refractivity (Wildman–Crippen MR) is 148 cm³/mol. The second-order valence-corrected chi connectivity index (χ2v) is 9.82. The molecule has 5 rings (SSSR count). The zero-order valence-electron chi connectivity index (χ0n) is 21.8. The number of amides is 1. The predicted octanol–water partition coefficient (Wildman–Crippen LogP) is 6.04. The number of nitriles is 1. The van der Waals surface area contributed by atoms with Crippen LogP contribution >= 0.6 is 11.3 Å². The van der Waals surface area contributed by atoms with Gasteiger partial charge in [0, 0.05) is 17.7 Å². The Morgan fingerprint density at radius 1 is 1.12 bits per heavy atom. The Hall–Kier alpha value is -4.89. The zero-order valence-corrected chi connectivity index (χ0v) is 22.6. The van der Waals surface area contributed by atoms with Crippen molar-refractivity contribution < 1.29 is 23.4 Å². The number of anilines is 1. The lowest BCUT2D eigenvalue weighted by atomic mass is 10.1. The number of halogens is 1. The highest BCUT2D eigenvalue weighted by Gasteiger charge is 2.17. The van der Waals surface area contributed by atoms with E-state index in [9.17, 15) is 9.18 Å². The number of nitrogens with zero attached hydrogens (tertiary/aromatic N) is 5. The molecule has 0 aliphatic carbocycles. The fraction of sp³-hybridized carbons (Fsp3) is 0.214. The number of hydrogen-bond donors (Lipinski definition) is 1. The summed E-state index contributed by atoms with van der Waals surface area (Å²) in [6, 6.07) is 11.7. The van der Waals surface area contributed by atoms with Gasteiger partial charge in [0.25, 0.3) is 0 Å². The lowest BCUT2D eigenvalue weighted by Gasteiger charge is -2.15. The maximum atomic E-state index is 14.9. The Labute approximate surface area is 232 Å². The van der Waals surface area contributed by atoms with Crippen LogP contribution in [0.2, 0.25) is 0 Å². The van der Waals surface area contributed by atoms with Gasteiger partial charge in [0.05, 0.1) is 45.9 Å². The highest BCUT2D eigenvalue weighted by molar-refractivity contribution is 7.21. The van der Waals surface area contributed by atoms with E-state index >= 15 is 0 Å². The number of rotatable bonds is 8. The number of nitrogens with one attached hydrogen (secondary N) is 1. The third kappa shape index (κ3) is 5.89. The summed E-state index contributed by atoms with van der Waals surface area (Å²) in [6.07, 6.45) is 1.51. The molecule has 5 aromatic rings. The molecule has 1 amide bonds. The van der Waals surface area contributed by atoms with Crippen molar-refractivity contribution in [1.82, 2.24) is 19.9 Å². The molecule has 3 aromatic heterocycles. The van der Waals surface area contributed by atoms with Gasteiger partial charge in [0.15, 0.2) is 11.6 Å². The smallest absolute Gasteiger partial charge is 0.412 e. The van der Waals surface area contributed by atoms with Crippen LogP contribution < -0.4 is 14.8 Å². The molecule has 0 fully saturated rings. The van der Waals surface area contributed by atoms with Crippen molar-refractivity contribution in [2.24, 2.45) is 0 Å². The molecule has 0 aliphatic rings. The lowest BCUT2D eigenvalue weighted by Crippen LogP contribution is -2.25. The fourth-order valence-electron chi connectivity index (χ4n) is 3.89. The van der Waals surface area contributed by atoms with E-state index in [-0.39, 0.29) is 18.1 Å². The van der Waals surface area contributed by atoms with Gasteiger partial charge < -0.3 is 14.2 Å². The SMILES string of the molecule is CCOc1cnc2c(-c3nc4cc(F)c(OC[C@@H](C)OC(=O)Nc5ccc(C#N)nc5)cc4s3)cc(C)cc2n1. The van der Waals surface area contributed by atoms with E-state index in [0.717, 1.165) is 15.8 Å². The molecule has 0 spiro atoms. The first-order valence-electron chi connectivity index (χ1n) is 12.3. The fourth-order valence-corrected chi connectivity index (χ4v) is 4.88. The largest absolute Gasteiger partial charge is 0.487 e. The van der Waals surface area contributed by atoms with Crippen molar-refractivity contribution in [2.45, 2.75) is 26.9 Å². The standard InChI is InChI=1S/C28H23FN6O4S/c1-4-37-25-13-32-26-19(7-15(2)8-22(26)34-25)27-35-21-9-20(29)23(10-24(21)40-27)38-14-16(3)39-28(36)33-18-6-5-17(11-30)31-12-18/h5-10,12-13,16H,4,14H2,1-3H3,(H,33,36)/t16-/m1/s1. The van der Waals surface area contributed by atoms with Gasteiger partial charge in [-0.15, -0.1) is 11.3 Å². The molecule has 0 bridgehead atoms. The monoisotopic (exact) mass is 558 g/mol. The summed E-state index contributed by atoms with van der Waals surface area (Å²) >= 11 is 1.38. The molecule has 0 radical (unpaired) electrons. The van der Waals surface area contributed by atoms with Crippen LogP contribution in [0.1, 0.15) is 25.1 Å². The third-order valence-corrected chi connectivity index (χ3v) is 6.69. The Morgan fingerprint density at radius 2 is 1.98 bits per heavy atom. The summed E-state index contributed by atoms with van der Waals surface area (Å²) < 4.78 is 32.0. The normalized spacial score (nSPS) is 11.7. The maximum Gasteiger partial charge on any atom is 0.412 e. The van der Waals surface area contributed by atoms with Crippen LogP contribution in [0.3, 0.4) is 0 Å². The summed E-state index contributed by atoms with van der Waals surface area (Å²) in [6.45, 7) is 5.88. The molecule has 202 valence electrons. The van der Waals surface area contributed by atoms with Gasteiger partial charge in [-0.3, -0.25) is 5.32 Å². The number of aryl methyl sites for hydroxylation is 1. The van der Waals surface area contributed by atoms with E-state index in [1.807, 2.05) is 32.0 Å². The van der Waals surface area contributed by atoms with E-state index < -0.39 is 18.0 Å². The summed E-state index contributed by atoms with van der Waals surface area (Å²) in [7, 11) is 0. The van der Waals surface area contributed by atoms with Crippen LogP contribution in [0.25, 0.3) is 31.8 Å². The molecular formula is C28H23FN6O4S. The van der Waals surface area contributed by atoms with Crippen LogP contribution in [0.15, 0.2) is 48.8 Å². The van der Waals surface area contributed by atoms with Crippen molar-refractivity contribution in [2.75, 3.05) is 18.5 Å². The third-order valence-electron chi connectivity index (χ3n) is 5.64. The van der Waals surface area contributed by atoms with Gasteiger partial charge in [-0.2, -0.15) is 5.26 Å². The second-order valence-electron chi connectivity index (χ2n) is 8.79. The van der Waals surface area contributed by atoms with E-state index in [2.05, 4.69) is 25.3 Å². The van der Waals surface area contributed by atoms with Crippen molar-refractivity contribution >= 4 is 44.4 Å². The van der Waals surface area contributed by atoms with Crippen molar-refractivity contribution in [3.63, 3.8) is 0 Å². The second kappa shape index (κ2) is 11.5. The van der Waals surface area contributed by atoms with E-state index in [0.29, 0.717) is 39.7 Å². The summed E-state index contributed by atoms with van der Waals surface area (Å²) in [4.78, 5) is 29.8. The number of fused-ring (bicyclic) bond motifs is 2. The number of carbonyl (C=O) groups is 1. The molecule has 0 unspecified atom stereocenters. The van der Waals surface area contributed by atoms with Crippen molar-refractivity contribution in [1.29, 1.82) is 5.26 Å². The minimum atomic E-state index is -0.729. The molecule has 0 saturated carbocycles. The van der Waals surface area contributed by atoms with Gasteiger partial charge in [-0.25, -0.2) is 29.1 Å². The molecule has 40 heavy (non-hydrogen) atoms. The Balaban J connectivity index is 1.30. The number of hydrogen-bond acceptors (Lipinski definition) is 10. The van der Waals surface area contributed by atoms with E-state index in [4.69, 9.17) is 19.5 Å². The molecule has 10 nitrogen and oxygen atoms in total. The Kier molecular flexibility index (Phi) is 7.65. The summed E-state index contributed by atoms with van der Waals surface area (Å²) in [5, 5.41) is 12.0. The minimum absolute atomic E-state index is 0.0186. The maximum absolute atomic E-state index is 14.9. The molecular weight excluding hydrogens is 535 g/mol. The topological polar surface area (TPSA) is 132 Å².